The number of sulfonamides is 1. The smallest absolute Gasteiger partial charge is 0.270 e. The Hall–Kier alpha value is -1.71. The third-order valence-electron chi connectivity index (χ3n) is 5.30. The summed E-state index contributed by atoms with van der Waals surface area (Å²) in [5.74, 6) is 0. The lowest BCUT2D eigenvalue weighted by molar-refractivity contribution is -0.385. The van der Waals surface area contributed by atoms with Crippen molar-refractivity contribution in [1.29, 1.82) is 0 Å². The van der Waals surface area contributed by atoms with Gasteiger partial charge in [-0.15, -0.1) is 0 Å². The molecular formula is C17H26N4O4S. The molecule has 9 heteroatoms. The maximum absolute atomic E-state index is 13.2. The van der Waals surface area contributed by atoms with Crippen molar-refractivity contribution >= 4 is 21.4 Å². The number of hydrogen-bond acceptors (Lipinski definition) is 6. The average molecular weight is 382 g/mol. The lowest BCUT2D eigenvalue weighted by Gasteiger charge is -2.38. The van der Waals surface area contributed by atoms with Crippen LogP contribution in [0.2, 0.25) is 0 Å². The van der Waals surface area contributed by atoms with Crippen LogP contribution in [0.25, 0.3) is 0 Å². The minimum absolute atomic E-state index is 0.0630. The van der Waals surface area contributed by atoms with E-state index in [9.17, 15) is 18.5 Å². The van der Waals surface area contributed by atoms with Gasteiger partial charge in [-0.25, -0.2) is 8.42 Å². The molecule has 3 rings (SSSR count). The first kappa shape index (κ1) is 19.1. The molecule has 0 bridgehead atoms. The van der Waals surface area contributed by atoms with E-state index in [1.54, 1.807) is 6.07 Å². The minimum Gasteiger partial charge on any atom is -0.369 e. The fraction of sp³-hybridized carbons (Fsp3) is 0.647. The zero-order chi connectivity index (χ0) is 18.9. The van der Waals surface area contributed by atoms with Crippen LogP contribution in [-0.4, -0.2) is 68.9 Å². The third-order valence-corrected chi connectivity index (χ3v) is 7.23. The van der Waals surface area contributed by atoms with Gasteiger partial charge in [0.2, 0.25) is 10.0 Å². The van der Waals surface area contributed by atoms with E-state index in [4.69, 9.17) is 0 Å². The predicted octanol–water partition coefficient (Wildman–Crippen LogP) is 1.91. The maximum atomic E-state index is 13.2. The summed E-state index contributed by atoms with van der Waals surface area (Å²) in [4.78, 5) is 14.9. The predicted molar refractivity (Wildman–Crippen MR) is 100 cm³/mol. The molecule has 2 aliphatic heterocycles. The number of piperidine rings is 1. The fourth-order valence-electron chi connectivity index (χ4n) is 3.75. The highest BCUT2D eigenvalue weighted by Crippen LogP contribution is 2.34. The number of rotatable bonds is 5. The molecule has 26 heavy (non-hydrogen) atoms. The molecule has 1 aromatic rings. The molecule has 144 valence electrons. The highest BCUT2D eigenvalue weighted by atomic mass is 32.2. The lowest BCUT2D eigenvalue weighted by Crippen LogP contribution is -2.45. The number of likely N-dealkylation sites (N-methyl/N-ethyl adjacent to an activating group) is 1. The molecule has 0 radical (unpaired) electrons. The lowest BCUT2D eigenvalue weighted by atomic mass is 10.0. The van der Waals surface area contributed by atoms with Gasteiger partial charge in [0.25, 0.3) is 5.69 Å². The Morgan fingerprint density at radius 3 is 2.46 bits per heavy atom. The zero-order valence-electron chi connectivity index (χ0n) is 15.3. The number of nitro groups is 1. The number of nitrogens with zero attached hydrogens (tertiary/aromatic N) is 4. The van der Waals surface area contributed by atoms with Gasteiger partial charge in [-0.1, -0.05) is 0 Å². The number of non-ortho nitro benzene ring substituents is 1. The Balaban J connectivity index is 2.03. The van der Waals surface area contributed by atoms with Crippen molar-refractivity contribution in [3.63, 3.8) is 0 Å². The first-order valence-corrected chi connectivity index (χ1v) is 10.4. The monoisotopic (exact) mass is 382 g/mol. The standard InChI is InChI=1S/C17H26N4O4S/c1-18(2)15-6-5-9-19(13-15)16-8-7-14(21(22)23)12-17(16)26(24,25)20-10-3-4-11-20/h7-8,12,15H,3-6,9-11,13H2,1-2H3. The molecule has 1 atom stereocenters. The van der Waals surface area contributed by atoms with Crippen LogP contribution < -0.4 is 4.90 Å². The van der Waals surface area contributed by atoms with Gasteiger partial charge in [0, 0.05) is 44.4 Å². The Bertz CT molecular complexity index is 775. The summed E-state index contributed by atoms with van der Waals surface area (Å²) in [6.07, 6.45) is 3.68. The maximum Gasteiger partial charge on any atom is 0.270 e. The summed E-state index contributed by atoms with van der Waals surface area (Å²) in [5, 5.41) is 11.2. The highest BCUT2D eigenvalue weighted by molar-refractivity contribution is 7.89. The van der Waals surface area contributed by atoms with E-state index in [0.29, 0.717) is 31.4 Å². The van der Waals surface area contributed by atoms with E-state index in [-0.39, 0.29) is 10.6 Å². The molecule has 0 aromatic heterocycles. The first-order chi connectivity index (χ1) is 12.3. The van der Waals surface area contributed by atoms with Crippen LogP contribution >= 0.6 is 0 Å². The van der Waals surface area contributed by atoms with Crippen molar-refractivity contribution in [3.05, 3.63) is 28.3 Å². The highest BCUT2D eigenvalue weighted by Gasteiger charge is 2.33. The normalized spacial score (nSPS) is 22.1. The van der Waals surface area contributed by atoms with Gasteiger partial charge in [-0.2, -0.15) is 4.31 Å². The molecule has 0 amide bonds. The quantitative estimate of drug-likeness (QED) is 0.571. The molecule has 0 saturated carbocycles. The van der Waals surface area contributed by atoms with Gasteiger partial charge in [-0.05, 0) is 45.8 Å². The number of anilines is 1. The summed E-state index contributed by atoms with van der Waals surface area (Å²) in [6, 6.07) is 4.56. The fourth-order valence-corrected chi connectivity index (χ4v) is 5.50. The SMILES string of the molecule is CN(C)C1CCCN(c2ccc([N+](=O)[O-])cc2S(=O)(=O)N2CCCC2)C1. The van der Waals surface area contributed by atoms with Crippen molar-refractivity contribution in [1.82, 2.24) is 9.21 Å². The molecule has 1 unspecified atom stereocenters. The minimum atomic E-state index is -3.74. The molecule has 0 spiro atoms. The topological polar surface area (TPSA) is 87.0 Å². The van der Waals surface area contributed by atoms with E-state index in [1.165, 1.54) is 16.4 Å². The van der Waals surface area contributed by atoms with Gasteiger partial charge >= 0.3 is 0 Å². The van der Waals surface area contributed by atoms with Gasteiger partial charge in [-0.3, -0.25) is 10.1 Å². The molecule has 1 aromatic carbocycles. The third kappa shape index (κ3) is 3.70. The van der Waals surface area contributed by atoms with E-state index in [0.717, 1.165) is 32.2 Å². The van der Waals surface area contributed by atoms with Crippen molar-refractivity contribution in [2.45, 2.75) is 36.6 Å². The van der Waals surface area contributed by atoms with Crippen LogP contribution in [0.5, 0.6) is 0 Å². The Morgan fingerprint density at radius 1 is 1.15 bits per heavy atom. The van der Waals surface area contributed by atoms with Gasteiger partial charge in [0.15, 0.2) is 0 Å². The van der Waals surface area contributed by atoms with Crippen LogP contribution in [0.3, 0.4) is 0 Å². The molecule has 2 heterocycles. The summed E-state index contributed by atoms with van der Waals surface area (Å²) in [5.41, 5.74) is 0.391. The van der Waals surface area contributed by atoms with E-state index >= 15 is 0 Å². The van der Waals surface area contributed by atoms with Crippen molar-refractivity contribution < 1.29 is 13.3 Å². The van der Waals surface area contributed by atoms with Crippen molar-refractivity contribution in [3.8, 4) is 0 Å². The second-order valence-electron chi connectivity index (χ2n) is 7.23. The first-order valence-electron chi connectivity index (χ1n) is 9.00. The summed E-state index contributed by atoms with van der Waals surface area (Å²) < 4.78 is 27.8. The zero-order valence-corrected chi connectivity index (χ0v) is 16.1. The summed E-state index contributed by atoms with van der Waals surface area (Å²) in [6.45, 7) is 2.42. The number of nitro benzene ring substituents is 1. The van der Waals surface area contributed by atoms with Crippen LogP contribution in [0.4, 0.5) is 11.4 Å². The molecule has 2 fully saturated rings. The Morgan fingerprint density at radius 2 is 1.85 bits per heavy atom. The Labute approximate surface area is 154 Å². The Kier molecular flexibility index (Phi) is 5.50. The molecule has 2 saturated heterocycles. The molecular weight excluding hydrogens is 356 g/mol. The van der Waals surface area contributed by atoms with E-state index in [2.05, 4.69) is 9.80 Å². The number of hydrogen-bond donors (Lipinski definition) is 0. The van der Waals surface area contributed by atoms with Gasteiger partial charge in [0.1, 0.15) is 4.90 Å². The number of benzene rings is 1. The summed E-state index contributed by atoms with van der Waals surface area (Å²) in [7, 11) is 0.301. The van der Waals surface area contributed by atoms with E-state index < -0.39 is 14.9 Å². The van der Waals surface area contributed by atoms with Crippen molar-refractivity contribution in [2.24, 2.45) is 0 Å². The largest absolute Gasteiger partial charge is 0.369 e. The van der Waals surface area contributed by atoms with Gasteiger partial charge in [0.05, 0.1) is 10.6 Å². The van der Waals surface area contributed by atoms with Crippen molar-refractivity contribution in [2.75, 3.05) is 45.2 Å². The van der Waals surface area contributed by atoms with Crippen LogP contribution in [0, 0.1) is 10.1 Å². The second kappa shape index (κ2) is 7.50. The molecule has 0 N–H and O–H groups in total. The molecule has 0 aliphatic carbocycles. The van der Waals surface area contributed by atoms with Gasteiger partial charge < -0.3 is 9.80 Å². The average Bonchev–Trinajstić information content (AvgIpc) is 3.16. The van der Waals surface area contributed by atoms with Crippen LogP contribution in [-0.2, 0) is 10.0 Å². The van der Waals surface area contributed by atoms with Crippen LogP contribution in [0.1, 0.15) is 25.7 Å². The molecule has 2 aliphatic rings. The van der Waals surface area contributed by atoms with Crippen LogP contribution in [0.15, 0.2) is 23.1 Å². The van der Waals surface area contributed by atoms with E-state index in [1.807, 2.05) is 14.1 Å². The second-order valence-corrected chi connectivity index (χ2v) is 9.13. The summed E-state index contributed by atoms with van der Waals surface area (Å²) >= 11 is 0. The molecule has 8 nitrogen and oxygen atoms in total.